The molecule has 0 saturated carbocycles. The number of nitrogens with zero attached hydrogens (tertiary/aromatic N) is 1. The van der Waals surface area contributed by atoms with Gasteiger partial charge in [-0.3, -0.25) is 9.10 Å². The summed E-state index contributed by atoms with van der Waals surface area (Å²) in [5, 5.41) is 3.31. The molecule has 0 aliphatic rings. The third-order valence-corrected chi connectivity index (χ3v) is 6.26. The van der Waals surface area contributed by atoms with E-state index >= 15 is 0 Å². The summed E-state index contributed by atoms with van der Waals surface area (Å²) >= 11 is 6.01. The first-order valence-electron chi connectivity index (χ1n) is 9.46. The lowest BCUT2D eigenvalue weighted by atomic mass is 9.86. The number of carbonyl (C=O) groups is 1. The molecule has 0 spiro atoms. The van der Waals surface area contributed by atoms with Gasteiger partial charge in [-0.1, -0.05) is 62.7 Å². The molecule has 2 atom stereocenters. The van der Waals surface area contributed by atoms with Crippen molar-refractivity contribution in [2.24, 2.45) is 0 Å². The van der Waals surface area contributed by atoms with Gasteiger partial charge in [-0.2, -0.15) is 0 Å². The maximum Gasteiger partial charge on any atom is 0.244 e. The minimum atomic E-state index is -3.69. The number of rotatable bonds is 6. The van der Waals surface area contributed by atoms with Crippen LogP contribution in [0.25, 0.3) is 0 Å². The fourth-order valence-corrected chi connectivity index (χ4v) is 4.46. The smallest absolute Gasteiger partial charge is 0.244 e. The molecule has 0 heterocycles. The van der Waals surface area contributed by atoms with Crippen LogP contribution in [0, 0.1) is 0 Å². The largest absolute Gasteiger partial charge is 0.348 e. The highest BCUT2D eigenvalue weighted by Crippen LogP contribution is 2.26. The van der Waals surface area contributed by atoms with Crippen molar-refractivity contribution in [3.63, 3.8) is 0 Å². The summed E-state index contributed by atoms with van der Waals surface area (Å²) in [7, 11) is -3.69. The third kappa shape index (κ3) is 5.97. The van der Waals surface area contributed by atoms with Gasteiger partial charge in [0, 0.05) is 5.02 Å². The summed E-state index contributed by atoms with van der Waals surface area (Å²) in [6.45, 7) is 9.87. The van der Waals surface area contributed by atoms with E-state index in [0.29, 0.717) is 10.7 Å². The van der Waals surface area contributed by atoms with Gasteiger partial charge in [0.2, 0.25) is 15.9 Å². The molecule has 7 heteroatoms. The molecule has 0 radical (unpaired) electrons. The molecule has 158 valence electrons. The Labute approximate surface area is 179 Å². The quantitative estimate of drug-likeness (QED) is 0.715. The molecule has 0 saturated heterocycles. The van der Waals surface area contributed by atoms with Crippen LogP contribution in [0.3, 0.4) is 0 Å². The maximum atomic E-state index is 12.8. The number of nitrogens with one attached hydrogen (secondary N) is 1. The van der Waals surface area contributed by atoms with Crippen molar-refractivity contribution < 1.29 is 13.2 Å². The Morgan fingerprint density at radius 3 is 2.14 bits per heavy atom. The van der Waals surface area contributed by atoms with Crippen molar-refractivity contribution in [1.29, 1.82) is 0 Å². The Morgan fingerprint density at radius 2 is 1.66 bits per heavy atom. The number of halogens is 1. The summed E-state index contributed by atoms with van der Waals surface area (Å²) in [6.07, 6.45) is 1.08. The van der Waals surface area contributed by atoms with Gasteiger partial charge in [0.15, 0.2) is 0 Å². The van der Waals surface area contributed by atoms with Crippen LogP contribution in [-0.4, -0.2) is 26.6 Å². The molecule has 1 N–H and O–H groups in total. The predicted molar refractivity (Wildman–Crippen MR) is 120 cm³/mol. The van der Waals surface area contributed by atoms with Crippen molar-refractivity contribution in [1.82, 2.24) is 5.32 Å². The number of hydrogen-bond acceptors (Lipinski definition) is 3. The molecule has 2 aromatic carbocycles. The molecule has 0 aliphatic heterocycles. The van der Waals surface area contributed by atoms with Crippen molar-refractivity contribution in [3.8, 4) is 0 Å². The van der Waals surface area contributed by atoms with Crippen molar-refractivity contribution in [2.75, 3.05) is 10.6 Å². The lowest BCUT2D eigenvalue weighted by molar-refractivity contribution is -0.122. The second kappa shape index (κ2) is 8.76. The average Bonchev–Trinajstić information content (AvgIpc) is 2.60. The van der Waals surface area contributed by atoms with E-state index in [1.54, 1.807) is 25.1 Å². The number of amides is 1. The molecule has 0 unspecified atom stereocenters. The SMILES string of the molecule is C[C@@H](NC(=O)[C@H](C)N(c1cccc(Cl)c1)S(C)(=O)=O)c1ccc(C(C)(C)C)cc1. The third-order valence-electron chi connectivity index (χ3n) is 4.79. The summed E-state index contributed by atoms with van der Waals surface area (Å²) < 4.78 is 25.8. The standard InChI is InChI=1S/C22H29ClN2O3S/c1-15(17-10-12-18(13-11-17)22(3,4)5)24-21(26)16(2)25(29(6,27)28)20-9-7-8-19(23)14-20/h7-16H,1-6H3,(H,24,26)/t15-,16+/m1/s1. The van der Waals surface area contributed by atoms with Crippen LogP contribution in [0.15, 0.2) is 48.5 Å². The number of carbonyl (C=O) groups excluding carboxylic acids is 1. The first kappa shape index (κ1) is 23.2. The minimum Gasteiger partial charge on any atom is -0.348 e. The lowest BCUT2D eigenvalue weighted by Crippen LogP contribution is -2.48. The normalized spacial score (nSPS) is 14.2. The van der Waals surface area contributed by atoms with Crippen LogP contribution < -0.4 is 9.62 Å². The average molecular weight is 437 g/mol. The number of benzene rings is 2. The van der Waals surface area contributed by atoms with E-state index in [4.69, 9.17) is 11.6 Å². The molecule has 5 nitrogen and oxygen atoms in total. The van der Waals surface area contributed by atoms with E-state index in [9.17, 15) is 13.2 Å². The van der Waals surface area contributed by atoms with Crippen molar-refractivity contribution in [2.45, 2.75) is 52.1 Å². The van der Waals surface area contributed by atoms with Crippen LogP contribution in [0.5, 0.6) is 0 Å². The van der Waals surface area contributed by atoms with Gasteiger partial charge in [-0.05, 0) is 48.6 Å². The van der Waals surface area contributed by atoms with E-state index in [1.165, 1.54) is 11.6 Å². The topological polar surface area (TPSA) is 66.5 Å². The van der Waals surface area contributed by atoms with E-state index in [1.807, 2.05) is 19.1 Å². The van der Waals surface area contributed by atoms with Crippen molar-refractivity contribution >= 4 is 33.2 Å². The highest BCUT2D eigenvalue weighted by atomic mass is 35.5. The first-order valence-corrected chi connectivity index (χ1v) is 11.7. The van der Waals surface area contributed by atoms with Gasteiger partial charge < -0.3 is 5.32 Å². The minimum absolute atomic E-state index is 0.0481. The van der Waals surface area contributed by atoms with Crippen LogP contribution in [-0.2, 0) is 20.2 Å². The molecule has 0 fully saturated rings. The first-order chi connectivity index (χ1) is 13.3. The second-order valence-electron chi connectivity index (χ2n) is 8.32. The highest BCUT2D eigenvalue weighted by Gasteiger charge is 2.30. The van der Waals surface area contributed by atoms with E-state index < -0.39 is 16.1 Å². The zero-order chi connectivity index (χ0) is 22.0. The molecular weight excluding hydrogens is 408 g/mol. The van der Waals surface area contributed by atoms with Crippen LogP contribution in [0.4, 0.5) is 5.69 Å². The fraction of sp³-hybridized carbons (Fsp3) is 0.409. The fourth-order valence-electron chi connectivity index (χ4n) is 3.11. The number of anilines is 1. The van der Waals surface area contributed by atoms with Crippen molar-refractivity contribution in [3.05, 3.63) is 64.7 Å². The van der Waals surface area contributed by atoms with E-state index in [-0.39, 0.29) is 17.4 Å². The Morgan fingerprint density at radius 1 is 1.07 bits per heavy atom. The molecule has 0 aromatic heterocycles. The predicted octanol–water partition coefficient (Wildman–Crippen LogP) is 4.67. The van der Waals surface area contributed by atoms with Crippen LogP contribution in [0.2, 0.25) is 5.02 Å². The summed E-state index contributed by atoms with van der Waals surface area (Å²) in [4.78, 5) is 12.8. The number of sulfonamides is 1. The van der Waals surface area contributed by atoms with Gasteiger partial charge in [0.25, 0.3) is 0 Å². The van der Waals surface area contributed by atoms with Gasteiger partial charge in [-0.15, -0.1) is 0 Å². The molecule has 1 amide bonds. The zero-order valence-corrected chi connectivity index (χ0v) is 19.3. The van der Waals surface area contributed by atoms with Gasteiger partial charge in [0.05, 0.1) is 18.0 Å². The summed E-state index contributed by atoms with van der Waals surface area (Å²) in [6, 6.07) is 13.3. The van der Waals surface area contributed by atoms with Crippen LogP contribution in [0.1, 0.15) is 51.8 Å². The second-order valence-corrected chi connectivity index (χ2v) is 10.6. The van der Waals surface area contributed by atoms with Gasteiger partial charge in [-0.25, -0.2) is 8.42 Å². The summed E-state index contributed by atoms with van der Waals surface area (Å²) in [5.74, 6) is -0.386. The maximum absolute atomic E-state index is 12.8. The molecule has 2 aromatic rings. The Balaban J connectivity index is 2.21. The molecule has 0 bridgehead atoms. The molecule has 0 aliphatic carbocycles. The zero-order valence-electron chi connectivity index (χ0n) is 17.7. The lowest BCUT2D eigenvalue weighted by Gasteiger charge is -2.29. The van der Waals surface area contributed by atoms with E-state index in [0.717, 1.165) is 16.1 Å². The Bertz CT molecular complexity index is 966. The Kier molecular flexibility index (Phi) is 7.01. The van der Waals surface area contributed by atoms with Crippen LogP contribution >= 0.6 is 11.6 Å². The van der Waals surface area contributed by atoms with Gasteiger partial charge >= 0.3 is 0 Å². The summed E-state index contributed by atoms with van der Waals surface area (Å²) in [5.41, 5.74) is 2.56. The molecule has 29 heavy (non-hydrogen) atoms. The number of hydrogen-bond donors (Lipinski definition) is 1. The Hall–Kier alpha value is -2.05. The molecule has 2 rings (SSSR count). The van der Waals surface area contributed by atoms with E-state index in [2.05, 4.69) is 38.2 Å². The van der Waals surface area contributed by atoms with Gasteiger partial charge in [0.1, 0.15) is 6.04 Å². The monoisotopic (exact) mass is 436 g/mol. The molecular formula is C22H29ClN2O3S. The highest BCUT2D eigenvalue weighted by molar-refractivity contribution is 7.92.